The van der Waals surface area contributed by atoms with Crippen LogP contribution >= 0.6 is 11.8 Å². The number of ether oxygens (including phenoxy) is 1. The summed E-state index contributed by atoms with van der Waals surface area (Å²) in [4.78, 5) is 14.5. The van der Waals surface area contributed by atoms with Gasteiger partial charge in [0.2, 0.25) is 0 Å². The number of aryl methyl sites for hydroxylation is 1. The lowest BCUT2D eigenvalue weighted by Crippen LogP contribution is -2.05. The minimum absolute atomic E-state index is 0.0834. The molecule has 3 rings (SSSR count). The van der Waals surface area contributed by atoms with E-state index in [0.717, 1.165) is 11.6 Å². The van der Waals surface area contributed by atoms with Crippen LogP contribution in [0.25, 0.3) is 6.08 Å². The fourth-order valence-corrected chi connectivity index (χ4v) is 3.86. The van der Waals surface area contributed by atoms with Crippen LogP contribution in [0.15, 0.2) is 59.5 Å². The second-order valence-electron chi connectivity index (χ2n) is 6.84. The molecule has 0 atom stereocenters. The highest BCUT2D eigenvalue weighted by Crippen LogP contribution is 2.29. The molecular formula is C24H19F4NO3S. The number of carboxylic acid groups (broad SMARTS) is 1. The van der Waals surface area contributed by atoms with Crippen molar-refractivity contribution in [3.8, 4) is 5.75 Å². The molecule has 0 bridgehead atoms. The lowest BCUT2D eigenvalue weighted by molar-refractivity contribution is -0.131. The van der Waals surface area contributed by atoms with Gasteiger partial charge in [-0.1, -0.05) is 30.3 Å². The third kappa shape index (κ3) is 6.82. The van der Waals surface area contributed by atoms with E-state index < -0.39 is 34.1 Å². The fourth-order valence-electron chi connectivity index (χ4n) is 2.89. The van der Waals surface area contributed by atoms with E-state index in [1.165, 1.54) is 6.08 Å². The van der Waals surface area contributed by atoms with Crippen LogP contribution in [-0.4, -0.2) is 28.4 Å². The van der Waals surface area contributed by atoms with Crippen LogP contribution in [0.3, 0.4) is 0 Å². The Morgan fingerprint density at radius 1 is 1.00 bits per heavy atom. The van der Waals surface area contributed by atoms with Gasteiger partial charge in [-0.25, -0.2) is 27.3 Å². The van der Waals surface area contributed by atoms with Crippen molar-refractivity contribution in [3.05, 3.63) is 94.8 Å². The molecule has 1 heterocycles. The van der Waals surface area contributed by atoms with Gasteiger partial charge in [-0.15, -0.1) is 11.8 Å². The van der Waals surface area contributed by atoms with Gasteiger partial charge in [0.15, 0.2) is 23.3 Å². The summed E-state index contributed by atoms with van der Waals surface area (Å²) >= 11 is 0.623. The Morgan fingerprint density at radius 2 is 1.70 bits per heavy atom. The van der Waals surface area contributed by atoms with E-state index in [1.807, 2.05) is 30.3 Å². The van der Waals surface area contributed by atoms with Crippen LogP contribution in [0.5, 0.6) is 5.75 Å². The van der Waals surface area contributed by atoms with Crippen molar-refractivity contribution in [1.82, 2.24) is 4.98 Å². The smallest absolute Gasteiger partial charge is 0.328 e. The Balaban J connectivity index is 1.69. The predicted octanol–water partition coefficient (Wildman–Crippen LogP) is 5.69. The molecule has 0 aliphatic heterocycles. The lowest BCUT2D eigenvalue weighted by Gasteiger charge is -2.11. The van der Waals surface area contributed by atoms with Gasteiger partial charge in [0.05, 0.1) is 11.5 Å². The number of hydrogen-bond donors (Lipinski definition) is 1. The zero-order valence-electron chi connectivity index (χ0n) is 17.2. The highest BCUT2D eigenvalue weighted by molar-refractivity contribution is 7.99. The van der Waals surface area contributed by atoms with Crippen LogP contribution in [0.1, 0.15) is 17.0 Å². The summed E-state index contributed by atoms with van der Waals surface area (Å²) in [5.41, 5.74) is 1.85. The molecule has 0 saturated heterocycles. The van der Waals surface area contributed by atoms with E-state index >= 15 is 0 Å². The quantitative estimate of drug-likeness (QED) is 0.176. The minimum atomic E-state index is -1.47. The number of nitrogens with zero attached hydrogens (tertiary/aromatic N) is 1. The summed E-state index contributed by atoms with van der Waals surface area (Å²) in [7, 11) is 0. The molecule has 0 spiro atoms. The van der Waals surface area contributed by atoms with Gasteiger partial charge < -0.3 is 9.84 Å². The van der Waals surface area contributed by atoms with Crippen molar-refractivity contribution < 1.29 is 32.2 Å². The van der Waals surface area contributed by atoms with Crippen molar-refractivity contribution >= 4 is 23.8 Å². The molecule has 1 N–H and O–H groups in total. The molecule has 4 nitrogen and oxygen atoms in total. The third-order valence-electron chi connectivity index (χ3n) is 4.49. The summed E-state index contributed by atoms with van der Waals surface area (Å²) in [6, 6.07) is 13.1. The number of thioether (sulfide) groups is 1. The maximum Gasteiger partial charge on any atom is 0.328 e. The highest BCUT2D eigenvalue weighted by Gasteiger charge is 2.19. The summed E-state index contributed by atoms with van der Waals surface area (Å²) < 4.78 is 60.1. The molecule has 0 amide bonds. The van der Waals surface area contributed by atoms with E-state index in [1.54, 1.807) is 12.1 Å². The third-order valence-corrected chi connectivity index (χ3v) is 5.55. The van der Waals surface area contributed by atoms with Crippen molar-refractivity contribution in [1.29, 1.82) is 0 Å². The summed E-state index contributed by atoms with van der Waals surface area (Å²) in [5, 5.41) is 8.93. The van der Waals surface area contributed by atoms with E-state index in [-0.39, 0.29) is 23.9 Å². The van der Waals surface area contributed by atoms with Crippen LogP contribution in [-0.2, 0) is 17.6 Å². The highest BCUT2D eigenvalue weighted by atomic mass is 32.2. The Kier molecular flexibility index (Phi) is 8.48. The number of aliphatic carboxylic acids is 1. The zero-order chi connectivity index (χ0) is 23.8. The molecule has 0 radical (unpaired) electrons. The maximum absolute atomic E-state index is 13.8. The number of rotatable bonds is 10. The number of hydrogen-bond acceptors (Lipinski definition) is 4. The second kappa shape index (κ2) is 11.5. The number of carboxylic acids is 1. The van der Waals surface area contributed by atoms with Crippen LogP contribution in [0.2, 0.25) is 0 Å². The zero-order valence-corrected chi connectivity index (χ0v) is 18.0. The minimum Gasteiger partial charge on any atom is -0.491 e. The molecule has 1 aromatic heterocycles. The number of aromatic nitrogens is 1. The van der Waals surface area contributed by atoms with Crippen LogP contribution in [0.4, 0.5) is 17.6 Å². The van der Waals surface area contributed by atoms with Crippen molar-refractivity contribution in [2.45, 2.75) is 17.7 Å². The first-order valence-corrected chi connectivity index (χ1v) is 10.9. The van der Waals surface area contributed by atoms with Crippen molar-refractivity contribution in [2.75, 3.05) is 12.4 Å². The monoisotopic (exact) mass is 477 g/mol. The van der Waals surface area contributed by atoms with Gasteiger partial charge in [0.1, 0.15) is 11.4 Å². The first-order chi connectivity index (χ1) is 15.8. The fraction of sp³-hybridized carbons (Fsp3) is 0.167. The van der Waals surface area contributed by atoms with Gasteiger partial charge in [-0.2, -0.15) is 0 Å². The van der Waals surface area contributed by atoms with Gasteiger partial charge in [-0.3, -0.25) is 0 Å². The first-order valence-electron chi connectivity index (χ1n) is 9.88. The predicted molar refractivity (Wildman–Crippen MR) is 117 cm³/mol. The number of pyridine rings is 1. The summed E-state index contributed by atoms with van der Waals surface area (Å²) in [6.07, 6.45) is 3.06. The Bertz CT molecular complexity index is 1130. The molecule has 172 valence electrons. The van der Waals surface area contributed by atoms with Crippen LogP contribution in [0, 0.1) is 23.3 Å². The molecule has 2 aromatic carbocycles. The lowest BCUT2D eigenvalue weighted by atomic mass is 10.2. The van der Waals surface area contributed by atoms with Gasteiger partial charge >= 0.3 is 5.97 Å². The van der Waals surface area contributed by atoms with E-state index in [0.29, 0.717) is 36.2 Å². The van der Waals surface area contributed by atoms with E-state index in [4.69, 9.17) is 9.84 Å². The molecule has 9 heteroatoms. The Labute approximate surface area is 191 Å². The summed E-state index contributed by atoms with van der Waals surface area (Å²) in [6.45, 7) is 0.346. The van der Waals surface area contributed by atoms with E-state index in [9.17, 15) is 22.4 Å². The number of carbonyl (C=O) groups is 1. The van der Waals surface area contributed by atoms with Crippen molar-refractivity contribution in [2.24, 2.45) is 0 Å². The second-order valence-corrected chi connectivity index (χ2v) is 7.94. The molecule has 3 aromatic rings. The molecule has 33 heavy (non-hydrogen) atoms. The normalized spacial score (nSPS) is 11.2. The van der Waals surface area contributed by atoms with E-state index in [2.05, 4.69) is 4.98 Å². The van der Waals surface area contributed by atoms with Gasteiger partial charge in [0.25, 0.3) is 0 Å². The van der Waals surface area contributed by atoms with Gasteiger partial charge in [-0.05, 0) is 30.2 Å². The van der Waals surface area contributed by atoms with Gasteiger partial charge in [0, 0.05) is 30.0 Å². The average molecular weight is 477 g/mol. The van der Waals surface area contributed by atoms with Crippen LogP contribution < -0.4 is 4.74 Å². The first kappa shape index (κ1) is 24.3. The molecule has 0 fully saturated rings. The maximum atomic E-state index is 13.8. The topological polar surface area (TPSA) is 59.4 Å². The molecule has 0 aliphatic rings. The average Bonchev–Trinajstić information content (AvgIpc) is 2.80. The number of halogens is 4. The summed E-state index contributed by atoms with van der Waals surface area (Å²) in [5.74, 6) is -6.52. The number of benzene rings is 2. The molecular weight excluding hydrogens is 458 g/mol. The Morgan fingerprint density at radius 3 is 2.36 bits per heavy atom. The largest absolute Gasteiger partial charge is 0.491 e. The molecule has 0 saturated carbocycles. The SMILES string of the molecule is O=C(O)/C=C/c1nc(CCSc2c(F)c(F)cc(F)c2F)ccc1OCCc1ccccc1. The Hall–Kier alpha value is -3.33. The standard InChI is InChI=1S/C24H19F4NO3S/c25-17-14-18(26)23(28)24(22(17)27)33-13-11-16-6-8-20(19(29-16)7-9-21(30)31)32-12-10-15-4-2-1-3-5-15/h1-9,14H,10-13H2,(H,30,31)/b9-7+. The molecule has 0 aliphatic carbocycles. The molecule has 0 unspecified atom stereocenters. The van der Waals surface area contributed by atoms with Crippen molar-refractivity contribution in [3.63, 3.8) is 0 Å².